The molecule has 1 saturated heterocycles. The second-order valence-corrected chi connectivity index (χ2v) is 9.97. The first-order chi connectivity index (χ1) is 13.2. The van der Waals surface area contributed by atoms with E-state index in [2.05, 4.69) is 4.72 Å². The lowest BCUT2D eigenvalue weighted by atomic mass is 10.2. The number of rotatable bonds is 5. The summed E-state index contributed by atoms with van der Waals surface area (Å²) in [5.74, 6) is -0.161. The molecule has 10 heteroatoms. The summed E-state index contributed by atoms with van der Waals surface area (Å²) >= 11 is 19.3. The van der Waals surface area contributed by atoms with Crippen LogP contribution in [-0.4, -0.2) is 38.6 Å². The Bertz CT molecular complexity index is 1020. The Morgan fingerprint density at radius 2 is 1.68 bits per heavy atom. The Hall–Kier alpha value is -1.12. The van der Waals surface area contributed by atoms with Crippen molar-refractivity contribution in [2.24, 2.45) is 0 Å². The van der Waals surface area contributed by atoms with Crippen LogP contribution in [0.2, 0.25) is 15.1 Å². The van der Waals surface area contributed by atoms with Crippen LogP contribution in [0.25, 0.3) is 0 Å². The molecule has 0 unspecified atom stereocenters. The fourth-order valence-electron chi connectivity index (χ4n) is 2.92. The maximum Gasteiger partial charge on any atom is 0.261 e. The SMILES string of the molecule is CSc1ccc(S(=O)(=O)Nc2cc(Cl)c(Cl)cc2Cl)cc1C(=O)N1CCCC1. The highest BCUT2D eigenvalue weighted by Gasteiger charge is 2.25. The number of likely N-dealkylation sites (tertiary alicyclic amines) is 1. The summed E-state index contributed by atoms with van der Waals surface area (Å²) in [5.41, 5.74) is 0.481. The second-order valence-electron chi connectivity index (χ2n) is 6.21. The second kappa shape index (κ2) is 8.71. The van der Waals surface area contributed by atoms with E-state index in [1.807, 2.05) is 6.26 Å². The molecule has 0 saturated carbocycles. The van der Waals surface area contributed by atoms with Crippen LogP contribution in [0.4, 0.5) is 5.69 Å². The Labute approximate surface area is 183 Å². The van der Waals surface area contributed by atoms with Gasteiger partial charge in [-0.2, -0.15) is 0 Å². The van der Waals surface area contributed by atoms with Crippen molar-refractivity contribution in [3.8, 4) is 0 Å². The highest BCUT2D eigenvalue weighted by atomic mass is 35.5. The van der Waals surface area contributed by atoms with Crippen molar-refractivity contribution < 1.29 is 13.2 Å². The number of carbonyl (C=O) groups is 1. The van der Waals surface area contributed by atoms with Crippen LogP contribution in [0.5, 0.6) is 0 Å². The third-order valence-corrected chi connectivity index (χ3v) is 7.55. The minimum atomic E-state index is -3.99. The highest BCUT2D eigenvalue weighted by Crippen LogP contribution is 2.34. The fraction of sp³-hybridized carbons (Fsp3) is 0.278. The molecular weight excluding hydrogens is 463 g/mol. The van der Waals surface area contributed by atoms with Crippen molar-refractivity contribution in [2.75, 3.05) is 24.1 Å². The van der Waals surface area contributed by atoms with Crippen molar-refractivity contribution in [2.45, 2.75) is 22.6 Å². The van der Waals surface area contributed by atoms with E-state index < -0.39 is 10.0 Å². The average molecular weight is 480 g/mol. The summed E-state index contributed by atoms with van der Waals surface area (Å²) in [6, 6.07) is 7.21. The Balaban J connectivity index is 1.97. The predicted molar refractivity (Wildman–Crippen MR) is 116 cm³/mol. The number of nitrogens with one attached hydrogen (secondary N) is 1. The standard InChI is InChI=1S/C18H17Cl3N2O3S2/c1-27-17-5-4-11(8-12(17)18(24)23-6-2-3-7-23)28(25,26)22-16-10-14(20)13(19)9-15(16)21/h4-5,8-10,22H,2-3,6-7H2,1H3. The van der Waals surface area contributed by atoms with Crippen molar-refractivity contribution >= 4 is 68.2 Å². The van der Waals surface area contributed by atoms with Crippen LogP contribution < -0.4 is 4.72 Å². The maximum absolute atomic E-state index is 12.9. The molecule has 1 amide bonds. The number of amides is 1. The van der Waals surface area contributed by atoms with Crippen molar-refractivity contribution in [1.29, 1.82) is 0 Å². The number of sulfonamides is 1. The van der Waals surface area contributed by atoms with Gasteiger partial charge in [-0.1, -0.05) is 34.8 Å². The van der Waals surface area contributed by atoms with Gasteiger partial charge in [0.1, 0.15) is 0 Å². The summed E-state index contributed by atoms with van der Waals surface area (Å²) < 4.78 is 28.1. The highest BCUT2D eigenvalue weighted by molar-refractivity contribution is 7.98. The maximum atomic E-state index is 12.9. The van der Waals surface area contributed by atoms with Gasteiger partial charge >= 0.3 is 0 Å². The molecule has 2 aromatic carbocycles. The molecule has 1 heterocycles. The van der Waals surface area contributed by atoms with Gasteiger partial charge in [-0.15, -0.1) is 11.8 Å². The third kappa shape index (κ3) is 4.54. The molecule has 3 rings (SSSR count). The Morgan fingerprint density at radius 3 is 2.32 bits per heavy atom. The molecule has 1 fully saturated rings. The van der Waals surface area contributed by atoms with Crippen molar-refractivity contribution in [1.82, 2.24) is 4.90 Å². The van der Waals surface area contributed by atoms with Crippen molar-refractivity contribution in [3.63, 3.8) is 0 Å². The first kappa shape index (κ1) is 21.6. The number of anilines is 1. The van der Waals surface area contributed by atoms with E-state index in [1.165, 1.54) is 36.0 Å². The lowest BCUT2D eigenvalue weighted by Gasteiger charge is -2.18. The molecule has 0 aliphatic carbocycles. The van der Waals surface area contributed by atoms with Crippen molar-refractivity contribution in [3.05, 3.63) is 51.0 Å². The molecule has 0 bridgehead atoms. The summed E-state index contributed by atoms with van der Waals surface area (Å²) in [7, 11) is -3.99. The molecule has 1 aliphatic heterocycles. The normalized spacial score (nSPS) is 14.4. The van der Waals surface area contributed by atoms with Crippen LogP contribution >= 0.6 is 46.6 Å². The van der Waals surface area contributed by atoms with Gasteiger partial charge in [0.15, 0.2) is 0 Å². The van der Waals surface area contributed by atoms with Crippen LogP contribution in [0, 0.1) is 0 Å². The largest absolute Gasteiger partial charge is 0.339 e. The van der Waals surface area contributed by atoms with Gasteiger partial charge in [-0.25, -0.2) is 8.42 Å². The first-order valence-electron chi connectivity index (χ1n) is 8.37. The zero-order chi connectivity index (χ0) is 20.5. The van der Waals surface area contributed by atoms with E-state index in [1.54, 1.807) is 11.0 Å². The quantitative estimate of drug-likeness (QED) is 0.460. The smallest absolute Gasteiger partial charge is 0.261 e. The molecule has 0 spiro atoms. The van der Waals surface area contributed by atoms with E-state index in [0.717, 1.165) is 17.7 Å². The summed E-state index contributed by atoms with van der Waals surface area (Å²) in [6.45, 7) is 1.36. The van der Waals surface area contributed by atoms with E-state index >= 15 is 0 Å². The first-order valence-corrected chi connectivity index (χ1v) is 12.2. The van der Waals surface area contributed by atoms with Gasteiger partial charge < -0.3 is 4.90 Å². The fourth-order valence-corrected chi connectivity index (χ4v) is 5.23. The van der Waals surface area contributed by atoms with Gasteiger partial charge in [0.2, 0.25) is 0 Å². The van der Waals surface area contributed by atoms with E-state index in [0.29, 0.717) is 18.7 Å². The lowest BCUT2D eigenvalue weighted by molar-refractivity contribution is 0.0789. The molecule has 1 aliphatic rings. The predicted octanol–water partition coefficient (Wildman–Crippen LogP) is 5.41. The molecule has 150 valence electrons. The van der Waals surface area contributed by atoms with Crippen LogP contribution in [0.15, 0.2) is 40.1 Å². The molecule has 0 atom stereocenters. The Morgan fingerprint density at radius 1 is 1.04 bits per heavy atom. The average Bonchev–Trinajstić information content (AvgIpc) is 3.19. The Kier molecular flexibility index (Phi) is 6.72. The number of hydrogen-bond acceptors (Lipinski definition) is 4. The number of benzene rings is 2. The summed E-state index contributed by atoms with van der Waals surface area (Å²) in [5, 5.41) is 0.510. The summed E-state index contributed by atoms with van der Waals surface area (Å²) in [6.07, 6.45) is 3.75. The van der Waals surface area contributed by atoms with Crippen LogP contribution in [0.3, 0.4) is 0 Å². The number of halogens is 3. The number of nitrogens with zero attached hydrogens (tertiary/aromatic N) is 1. The number of hydrogen-bond donors (Lipinski definition) is 1. The third-order valence-electron chi connectivity index (χ3n) is 4.36. The zero-order valence-electron chi connectivity index (χ0n) is 14.8. The lowest BCUT2D eigenvalue weighted by Crippen LogP contribution is -2.28. The van der Waals surface area contributed by atoms with E-state index in [-0.39, 0.29) is 31.6 Å². The minimum Gasteiger partial charge on any atom is -0.339 e. The minimum absolute atomic E-state index is 0.0324. The molecule has 1 N–H and O–H groups in total. The number of thioether (sulfide) groups is 1. The van der Waals surface area contributed by atoms with Gasteiger partial charge in [0, 0.05) is 18.0 Å². The van der Waals surface area contributed by atoms with Crippen LogP contribution in [-0.2, 0) is 10.0 Å². The summed E-state index contributed by atoms with van der Waals surface area (Å²) in [4.78, 5) is 15.3. The van der Waals surface area contributed by atoms with Gasteiger partial charge in [-0.05, 0) is 49.4 Å². The van der Waals surface area contributed by atoms with E-state index in [4.69, 9.17) is 34.8 Å². The van der Waals surface area contributed by atoms with E-state index in [9.17, 15) is 13.2 Å². The zero-order valence-corrected chi connectivity index (χ0v) is 18.7. The van der Waals surface area contributed by atoms with Gasteiger partial charge in [0.05, 0.1) is 31.2 Å². The molecule has 5 nitrogen and oxygen atoms in total. The van der Waals surface area contributed by atoms with Crippen LogP contribution in [0.1, 0.15) is 23.2 Å². The van der Waals surface area contributed by atoms with Gasteiger partial charge in [-0.3, -0.25) is 9.52 Å². The van der Waals surface area contributed by atoms with Gasteiger partial charge in [0.25, 0.3) is 15.9 Å². The molecule has 2 aromatic rings. The molecule has 0 radical (unpaired) electrons. The topological polar surface area (TPSA) is 66.5 Å². The molecule has 28 heavy (non-hydrogen) atoms. The number of carbonyl (C=O) groups excluding carboxylic acids is 1. The monoisotopic (exact) mass is 478 g/mol. The molecule has 0 aromatic heterocycles. The molecular formula is C18H17Cl3N2O3S2.